The van der Waals surface area contributed by atoms with Gasteiger partial charge in [0, 0.05) is 20.0 Å². The molecular formula is C9H8BrIO. The molecule has 1 aromatic rings. The van der Waals surface area contributed by atoms with Crippen LogP contribution in [-0.4, -0.2) is 5.78 Å². The van der Waals surface area contributed by atoms with E-state index in [-0.39, 0.29) is 5.78 Å². The minimum absolute atomic E-state index is 0.187. The SMILES string of the molecule is CCC(=O)c1c(Br)cccc1I. The van der Waals surface area contributed by atoms with Gasteiger partial charge in [-0.1, -0.05) is 28.9 Å². The van der Waals surface area contributed by atoms with E-state index >= 15 is 0 Å². The van der Waals surface area contributed by atoms with Crippen LogP contribution < -0.4 is 0 Å². The molecule has 0 saturated carbocycles. The van der Waals surface area contributed by atoms with Crippen molar-refractivity contribution in [2.45, 2.75) is 13.3 Å². The third-order valence-corrected chi connectivity index (χ3v) is 3.12. The first-order valence-electron chi connectivity index (χ1n) is 3.64. The molecule has 0 spiro atoms. The summed E-state index contributed by atoms with van der Waals surface area (Å²) >= 11 is 5.54. The molecule has 0 aliphatic rings. The van der Waals surface area contributed by atoms with E-state index in [4.69, 9.17) is 0 Å². The lowest BCUT2D eigenvalue weighted by molar-refractivity contribution is 0.0986. The summed E-state index contributed by atoms with van der Waals surface area (Å²) < 4.78 is 1.90. The van der Waals surface area contributed by atoms with Crippen LogP contribution in [0.25, 0.3) is 0 Å². The van der Waals surface area contributed by atoms with Gasteiger partial charge in [0.25, 0.3) is 0 Å². The lowest BCUT2D eigenvalue weighted by atomic mass is 10.1. The molecule has 64 valence electrons. The summed E-state index contributed by atoms with van der Waals surface area (Å²) in [7, 11) is 0. The fourth-order valence-electron chi connectivity index (χ4n) is 0.941. The van der Waals surface area contributed by atoms with Gasteiger partial charge in [0.15, 0.2) is 5.78 Å². The maximum absolute atomic E-state index is 11.4. The Morgan fingerprint density at radius 2 is 2.25 bits per heavy atom. The Labute approximate surface area is 93.8 Å². The smallest absolute Gasteiger partial charge is 0.164 e. The number of benzene rings is 1. The second kappa shape index (κ2) is 4.37. The van der Waals surface area contributed by atoms with E-state index in [0.29, 0.717) is 6.42 Å². The van der Waals surface area contributed by atoms with Crippen LogP contribution in [0.2, 0.25) is 0 Å². The van der Waals surface area contributed by atoms with Crippen LogP contribution in [0.15, 0.2) is 22.7 Å². The third-order valence-electron chi connectivity index (χ3n) is 1.56. The van der Waals surface area contributed by atoms with Gasteiger partial charge in [-0.25, -0.2) is 0 Å². The Hall–Kier alpha value is 0.1000. The minimum Gasteiger partial charge on any atom is -0.294 e. The largest absolute Gasteiger partial charge is 0.294 e. The molecule has 0 fully saturated rings. The predicted octanol–water partition coefficient (Wildman–Crippen LogP) is 3.65. The van der Waals surface area contributed by atoms with Gasteiger partial charge in [0.2, 0.25) is 0 Å². The lowest BCUT2D eigenvalue weighted by Crippen LogP contribution is -2.00. The van der Waals surface area contributed by atoms with Crippen LogP contribution >= 0.6 is 38.5 Å². The molecule has 0 heterocycles. The third kappa shape index (κ3) is 2.07. The molecule has 0 radical (unpaired) electrons. The Morgan fingerprint density at radius 3 is 2.75 bits per heavy atom. The van der Waals surface area contributed by atoms with Crippen molar-refractivity contribution in [3.63, 3.8) is 0 Å². The predicted molar refractivity (Wildman–Crippen MR) is 61.5 cm³/mol. The number of hydrogen-bond acceptors (Lipinski definition) is 1. The average Bonchev–Trinajstić information content (AvgIpc) is 2.03. The number of hydrogen-bond donors (Lipinski definition) is 0. The molecule has 0 aromatic heterocycles. The molecule has 0 aliphatic heterocycles. The summed E-state index contributed by atoms with van der Waals surface area (Å²) in [4.78, 5) is 11.4. The highest BCUT2D eigenvalue weighted by atomic mass is 127. The molecule has 12 heavy (non-hydrogen) atoms. The van der Waals surface area contributed by atoms with Crippen LogP contribution in [0.5, 0.6) is 0 Å². The van der Waals surface area contributed by atoms with Crippen molar-refractivity contribution in [2.24, 2.45) is 0 Å². The van der Waals surface area contributed by atoms with Crippen LogP contribution in [-0.2, 0) is 0 Å². The summed E-state index contributed by atoms with van der Waals surface area (Å²) in [6, 6.07) is 5.76. The molecule has 0 saturated heterocycles. The zero-order valence-corrected chi connectivity index (χ0v) is 10.3. The van der Waals surface area contributed by atoms with E-state index < -0.39 is 0 Å². The molecule has 1 rings (SSSR count). The number of rotatable bonds is 2. The van der Waals surface area contributed by atoms with E-state index in [1.54, 1.807) is 0 Å². The maximum atomic E-state index is 11.4. The van der Waals surface area contributed by atoms with Gasteiger partial charge in [-0.15, -0.1) is 0 Å². The number of ketones is 1. The van der Waals surface area contributed by atoms with E-state index in [0.717, 1.165) is 13.6 Å². The van der Waals surface area contributed by atoms with E-state index in [2.05, 4.69) is 38.5 Å². The first kappa shape index (κ1) is 10.2. The molecule has 0 atom stereocenters. The molecular weight excluding hydrogens is 331 g/mol. The average molecular weight is 339 g/mol. The second-order valence-electron chi connectivity index (χ2n) is 2.37. The zero-order chi connectivity index (χ0) is 9.14. The maximum Gasteiger partial charge on any atom is 0.164 e. The van der Waals surface area contributed by atoms with Crippen molar-refractivity contribution in [2.75, 3.05) is 0 Å². The van der Waals surface area contributed by atoms with Crippen molar-refractivity contribution in [3.05, 3.63) is 31.8 Å². The molecule has 1 aromatic carbocycles. The lowest BCUT2D eigenvalue weighted by Gasteiger charge is -2.03. The summed E-state index contributed by atoms with van der Waals surface area (Å²) in [5.41, 5.74) is 0.806. The van der Waals surface area contributed by atoms with Gasteiger partial charge in [-0.2, -0.15) is 0 Å². The highest BCUT2D eigenvalue weighted by Gasteiger charge is 2.10. The fourth-order valence-corrected chi connectivity index (χ4v) is 2.70. The summed E-state index contributed by atoms with van der Waals surface area (Å²) in [6.45, 7) is 1.87. The van der Waals surface area contributed by atoms with Gasteiger partial charge in [-0.05, 0) is 34.7 Å². The van der Waals surface area contributed by atoms with Crippen molar-refractivity contribution in [3.8, 4) is 0 Å². The van der Waals surface area contributed by atoms with Crippen molar-refractivity contribution >= 4 is 44.3 Å². The van der Waals surface area contributed by atoms with E-state index in [1.165, 1.54) is 0 Å². The quantitative estimate of drug-likeness (QED) is 0.594. The molecule has 3 heteroatoms. The van der Waals surface area contributed by atoms with Gasteiger partial charge in [-0.3, -0.25) is 4.79 Å². The highest BCUT2D eigenvalue weighted by Crippen LogP contribution is 2.23. The number of carbonyl (C=O) groups excluding carboxylic acids is 1. The molecule has 0 amide bonds. The number of Topliss-reactive ketones (excluding diaryl/α,β-unsaturated/α-hetero) is 1. The molecule has 0 unspecified atom stereocenters. The van der Waals surface area contributed by atoms with Gasteiger partial charge >= 0.3 is 0 Å². The summed E-state index contributed by atoms with van der Waals surface area (Å²) in [5.74, 6) is 0.187. The zero-order valence-electron chi connectivity index (χ0n) is 6.60. The normalized spacial score (nSPS) is 9.92. The van der Waals surface area contributed by atoms with Crippen molar-refractivity contribution < 1.29 is 4.79 Å². The van der Waals surface area contributed by atoms with E-state index in [1.807, 2.05) is 25.1 Å². The molecule has 1 nitrogen and oxygen atoms in total. The minimum atomic E-state index is 0.187. The molecule has 0 aliphatic carbocycles. The monoisotopic (exact) mass is 338 g/mol. The standard InChI is InChI=1S/C9H8BrIO/c1-2-8(12)9-6(10)4-3-5-7(9)11/h3-5H,2H2,1H3. The fraction of sp³-hybridized carbons (Fsp3) is 0.222. The van der Waals surface area contributed by atoms with Crippen LogP contribution in [0.4, 0.5) is 0 Å². The molecule has 0 bridgehead atoms. The Kier molecular flexibility index (Phi) is 3.71. The first-order chi connectivity index (χ1) is 5.66. The second-order valence-corrected chi connectivity index (χ2v) is 4.39. The van der Waals surface area contributed by atoms with Crippen LogP contribution in [0, 0.1) is 3.57 Å². The van der Waals surface area contributed by atoms with Gasteiger partial charge < -0.3 is 0 Å². The van der Waals surface area contributed by atoms with Crippen LogP contribution in [0.1, 0.15) is 23.7 Å². The van der Waals surface area contributed by atoms with Crippen molar-refractivity contribution in [1.29, 1.82) is 0 Å². The van der Waals surface area contributed by atoms with Crippen LogP contribution in [0.3, 0.4) is 0 Å². The van der Waals surface area contributed by atoms with Crippen molar-refractivity contribution in [1.82, 2.24) is 0 Å². The van der Waals surface area contributed by atoms with Gasteiger partial charge in [0.05, 0.1) is 0 Å². The summed E-state index contributed by atoms with van der Waals surface area (Å²) in [5, 5.41) is 0. The topological polar surface area (TPSA) is 17.1 Å². The molecule has 0 N–H and O–H groups in total. The van der Waals surface area contributed by atoms with Gasteiger partial charge in [0.1, 0.15) is 0 Å². The Morgan fingerprint density at radius 1 is 1.58 bits per heavy atom. The number of carbonyl (C=O) groups is 1. The Balaban J connectivity index is 3.21. The first-order valence-corrected chi connectivity index (χ1v) is 5.51. The highest BCUT2D eigenvalue weighted by molar-refractivity contribution is 14.1. The van der Waals surface area contributed by atoms with E-state index in [9.17, 15) is 4.79 Å². The number of halogens is 2. The Bertz CT molecular complexity index is 289. The summed E-state index contributed by atoms with van der Waals surface area (Å²) in [6.07, 6.45) is 0.554.